The summed E-state index contributed by atoms with van der Waals surface area (Å²) in [5, 5.41) is 3.43. The van der Waals surface area contributed by atoms with Gasteiger partial charge in [-0.05, 0) is 34.1 Å². The molecule has 1 heterocycles. The molecule has 1 amide bonds. The van der Waals surface area contributed by atoms with E-state index in [1.165, 1.54) is 11.3 Å². The first kappa shape index (κ1) is 17.4. The Morgan fingerprint density at radius 2 is 2.10 bits per heavy atom. The van der Waals surface area contributed by atoms with Crippen molar-refractivity contribution in [1.82, 2.24) is 10.3 Å². The molecule has 0 unspecified atom stereocenters. The molecule has 0 saturated carbocycles. The standard InChI is InChI=1S/C14H22N2O4S/c1-5-19-12(17)7-6-10-8-15-11(21-10)9-16-13(18)20-14(2,3)4/h8H,5-7,9H2,1-4H3,(H,16,18). The molecule has 0 aliphatic carbocycles. The topological polar surface area (TPSA) is 77.5 Å². The van der Waals surface area contributed by atoms with Crippen LogP contribution in [0.3, 0.4) is 0 Å². The Morgan fingerprint density at radius 3 is 2.71 bits per heavy atom. The number of nitrogens with one attached hydrogen (secondary N) is 1. The molecule has 0 saturated heterocycles. The van der Waals surface area contributed by atoms with Crippen LogP contribution >= 0.6 is 11.3 Å². The van der Waals surface area contributed by atoms with Gasteiger partial charge in [0.15, 0.2) is 0 Å². The molecule has 0 spiro atoms. The van der Waals surface area contributed by atoms with Gasteiger partial charge in [-0.25, -0.2) is 9.78 Å². The van der Waals surface area contributed by atoms with Crippen molar-refractivity contribution < 1.29 is 19.1 Å². The minimum atomic E-state index is -0.516. The highest BCUT2D eigenvalue weighted by Gasteiger charge is 2.16. The first-order valence-electron chi connectivity index (χ1n) is 6.86. The van der Waals surface area contributed by atoms with Gasteiger partial charge in [-0.15, -0.1) is 11.3 Å². The summed E-state index contributed by atoms with van der Waals surface area (Å²) in [4.78, 5) is 28.0. The largest absolute Gasteiger partial charge is 0.466 e. The predicted octanol–water partition coefficient (Wildman–Crippen LogP) is 2.66. The van der Waals surface area contributed by atoms with Crippen molar-refractivity contribution in [2.75, 3.05) is 6.61 Å². The fourth-order valence-electron chi connectivity index (χ4n) is 1.47. The van der Waals surface area contributed by atoms with Crippen molar-refractivity contribution in [3.05, 3.63) is 16.1 Å². The Bertz CT molecular complexity index is 480. The van der Waals surface area contributed by atoms with Crippen LogP contribution in [0, 0.1) is 0 Å². The molecule has 0 fully saturated rings. The van der Waals surface area contributed by atoms with Crippen molar-refractivity contribution in [1.29, 1.82) is 0 Å². The number of aryl methyl sites for hydroxylation is 1. The SMILES string of the molecule is CCOC(=O)CCc1cnc(CNC(=O)OC(C)(C)C)s1. The summed E-state index contributed by atoms with van der Waals surface area (Å²) in [5.41, 5.74) is -0.516. The molecule has 1 rings (SSSR count). The molecular formula is C14H22N2O4S. The number of alkyl carbamates (subject to hydrolysis) is 1. The molecule has 21 heavy (non-hydrogen) atoms. The molecule has 6 nitrogen and oxygen atoms in total. The van der Waals surface area contributed by atoms with Gasteiger partial charge < -0.3 is 14.8 Å². The highest BCUT2D eigenvalue weighted by Crippen LogP contribution is 2.15. The average molecular weight is 314 g/mol. The fraction of sp³-hybridized carbons (Fsp3) is 0.643. The number of esters is 1. The third-order valence-electron chi connectivity index (χ3n) is 2.27. The molecule has 1 N–H and O–H groups in total. The lowest BCUT2D eigenvalue weighted by atomic mass is 10.2. The Balaban J connectivity index is 2.35. The predicted molar refractivity (Wildman–Crippen MR) is 80.1 cm³/mol. The van der Waals surface area contributed by atoms with Crippen LogP contribution in [0.1, 0.15) is 44.0 Å². The van der Waals surface area contributed by atoms with Gasteiger partial charge in [-0.2, -0.15) is 0 Å². The van der Waals surface area contributed by atoms with E-state index < -0.39 is 11.7 Å². The molecule has 118 valence electrons. The number of ether oxygens (including phenoxy) is 2. The van der Waals surface area contributed by atoms with E-state index >= 15 is 0 Å². The molecule has 0 atom stereocenters. The van der Waals surface area contributed by atoms with E-state index in [4.69, 9.17) is 9.47 Å². The number of carbonyl (C=O) groups is 2. The molecule has 0 aliphatic heterocycles. The highest BCUT2D eigenvalue weighted by molar-refractivity contribution is 7.11. The quantitative estimate of drug-likeness (QED) is 0.817. The maximum absolute atomic E-state index is 11.5. The van der Waals surface area contributed by atoms with Crippen molar-refractivity contribution in [3.8, 4) is 0 Å². The first-order chi connectivity index (χ1) is 9.80. The molecule has 0 aliphatic rings. The van der Waals surface area contributed by atoms with Crippen molar-refractivity contribution >= 4 is 23.4 Å². The summed E-state index contributed by atoms with van der Waals surface area (Å²) in [6.07, 6.45) is 2.19. The summed E-state index contributed by atoms with van der Waals surface area (Å²) in [7, 11) is 0. The lowest BCUT2D eigenvalue weighted by Gasteiger charge is -2.19. The van der Waals surface area contributed by atoms with E-state index in [-0.39, 0.29) is 5.97 Å². The smallest absolute Gasteiger partial charge is 0.408 e. The molecule has 0 bridgehead atoms. The molecule has 0 radical (unpaired) electrons. The summed E-state index contributed by atoms with van der Waals surface area (Å²) in [5.74, 6) is -0.209. The van der Waals surface area contributed by atoms with E-state index in [1.54, 1.807) is 13.1 Å². The second kappa shape index (κ2) is 7.97. The van der Waals surface area contributed by atoms with E-state index in [0.717, 1.165) is 9.88 Å². The Hall–Kier alpha value is -1.63. The van der Waals surface area contributed by atoms with Crippen LogP contribution in [0.2, 0.25) is 0 Å². The lowest BCUT2D eigenvalue weighted by Crippen LogP contribution is -2.32. The lowest BCUT2D eigenvalue weighted by molar-refractivity contribution is -0.143. The zero-order chi connectivity index (χ0) is 15.9. The number of nitrogens with zero attached hydrogens (tertiary/aromatic N) is 1. The van der Waals surface area contributed by atoms with E-state index in [9.17, 15) is 9.59 Å². The minimum absolute atomic E-state index is 0.209. The van der Waals surface area contributed by atoms with E-state index in [1.807, 2.05) is 20.8 Å². The fourth-order valence-corrected chi connectivity index (χ4v) is 2.33. The highest BCUT2D eigenvalue weighted by atomic mass is 32.1. The second-order valence-electron chi connectivity index (χ2n) is 5.38. The van der Waals surface area contributed by atoms with Crippen LogP contribution in [0.5, 0.6) is 0 Å². The number of rotatable bonds is 6. The number of thiazole rings is 1. The third-order valence-corrected chi connectivity index (χ3v) is 3.32. The van der Waals surface area contributed by atoms with Crippen LogP contribution in [-0.2, 0) is 27.2 Å². The monoisotopic (exact) mass is 314 g/mol. The number of carbonyl (C=O) groups excluding carboxylic acids is 2. The van der Waals surface area contributed by atoms with Crippen LogP contribution < -0.4 is 5.32 Å². The Labute approximate surface area is 128 Å². The van der Waals surface area contributed by atoms with Gasteiger partial charge in [0, 0.05) is 11.1 Å². The zero-order valence-corrected chi connectivity index (χ0v) is 13.7. The number of amides is 1. The van der Waals surface area contributed by atoms with Gasteiger partial charge in [0.2, 0.25) is 0 Å². The summed E-state index contributed by atoms with van der Waals surface area (Å²) >= 11 is 1.46. The van der Waals surface area contributed by atoms with Crippen molar-refractivity contribution in [3.63, 3.8) is 0 Å². The molecule has 1 aromatic heterocycles. The molecule has 1 aromatic rings. The van der Waals surface area contributed by atoms with Gasteiger partial charge in [0.05, 0.1) is 19.6 Å². The molecule has 0 aromatic carbocycles. The maximum atomic E-state index is 11.5. The molecular weight excluding hydrogens is 292 g/mol. The third kappa shape index (κ3) is 7.65. The van der Waals surface area contributed by atoms with Crippen LogP contribution in [-0.4, -0.2) is 29.3 Å². The van der Waals surface area contributed by atoms with E-state index in [2.05, 4.69) is 10.3 Å². The van der Waals surface area contributed by atoms with Crippen molar-refractivity contribution in [2.45, 2.75) is 52.7 Å². The number of aromatic nitrogens is 1. The van der Waals surface area contributed by atoms with Crippen molar-refractivity contribution in [2.24, 2.45) is 0 Å². The van der Waals surface area contributed by atoms with Gasteiger partial charge in [-0.3, -0.25) is 4.79 Å². The van der Waals surface area contributed by atoms with Crippen LogP contribution in [0.25, 0.3) is 0 Å². The zero-order valence-electron chi connectivity index (χ0n) is 12.9. The first-order valence-corrected chi connectivity index (χ1v) is 7.68. The maximum Gasteiger partial charge on any atom is 0.408 e. The number of hydrogen-bond donors (Lipinski definition) is 1. The molecule has 7 heteroatoms. The van der Waals surface area contributed by atoms with Crippen LogP contribution in [0.4, 0.5) is 4.79 Å². The van der Waals surface area contributed by atoms with Gasteiger partial charge in [-0.1, -0.05) is 0 Å². The summed E-state index contributed by atoms with van der Waals surface area (Å²) in [6.45, 7) is 7.92. The Morgan fingerprint density at radius 1 is 1.38 bits per heavy atom. The second-order valence-corrected chi connectivity index (χ2v) is 6.58. The normalized spacial score (nSPS) is 11.0. The van der Waals surface area contributed by atoms with Gasteiger partial charge in [0.1, 0.15) is 10.6 Å². The van der Waals surface area contributed by atoms with Crippen LogP contribution in [0.15, 0.2) is 6.20 Å². The van der Waals surface area contributed by atoms with E-state index in [0.29, 0.717) is 26.0 Å². The van der Waals surface area contributed by atoms with Gasteiger partial charge >= 0.3 is 12.1 Å². The average Bonchev–Trinajstić information content (AvgIpc) is 2.80. The number of hydrogen-bond acceptors (Lipinski definition) is 6. The summed E-state index contributed by atoms with van der Waals surface area (Å²) < 4.78 is 10.0. The Kier molecular flexibility index (Phi) is 6.61. The summed E-state index contributed by atoms with van der Waals surface area (Å²) in [6, 6.07) is 0. The van der Waals surface area contributed by atoms with Gasteiger partial charge in [0.25, 0.3) is 0 Å². The minimum Gasteiger partial charge on any atom is -0.466 e.